The van der Waals surface area contributed by atoms with Crippen molar-refractivity contribution in [2.75, 3.05) is 5.32 Å². The number of rotatable bonds is 4. The number of nitrogens with one attached hydrogen (secondary N) is 2. The fourth-order valence-electron chi connectivity index (χ4n) is 2.57. The van der Waals surface area contributed by atoms with Gasteiger partial charge in [0.05, 0.1) is 5.39 Å². The van der Waals surface area contributed by atoms with Gasteiger partial charge in [-0.05, 0) is 30.3 Å². The third-order valence-electron chi connectivity index (χ3n) is 3.67. The van der Waals surface area contributed by atoms with Crippen LogP contribution < -0.4 is 10.1 Å². The fraction of sp³-hybridized carbons (Fsp3) is 0.0556. The molecule has 3 heterocycles. The van der Waals surface area contributed by atoms with Gasteiger partial charge in [-0.15, -0.1) is 13.2 Å². The largest absolute Gasteiger partial charge is 0.573 e. The summed E-state index contributed by atoms with van der Waals surface area (Å²) in [5.41, 5.74) is 1.70. The van der Waals surface area contributed by atoms with E-state index in [1.165, 1.54) is 18.2 Å². The van der Waals surface area contributed by atoms with Crippen molar-refractivity contribution in [3.63, 3.8) is 0 Å². The minimum Gasteiger partial charge on any atom is -0.406 e. The Kier molecular flexibility index (Phi) is 4.11. The van der Waals surface area contributed by atoms with Crippen molar-refractivity contribution in [3.8, 4) is 17.1 Å². The smallest absolute Gasteiger partial charge is 0.406 e. The molecule has 0 aliphatic rings. The van der Waals surface area contributed by atoms with Crippen molar-refractivity contribution in [1.82, 2.24) is 19.9 Å². The number of hydrogen-bond acceptors (Lipinski definition) is 5. The molecule has 4 rings (SSSR count). The molecule has 0 saturated carbocycles. The molecule has 4 aromatic rings. The lowest BCUT2D eigenvalue weighted by Crippen LogP contribution is -2.17. The standard InChI is InChI=1S/C18H12F3N5O/c19-18(20,21)27-13-5-1-4-12(9-13)24-17-14-6-8-23-16(14)25-15(26-17)11-3-2-7-22-10-11/h1-10H,(H2,23,24,25,26). The Morgan fingerprint density at radius 2 is 1.93 bits per heavy atom. The monoisotopic (exact) mass is 371 g/mol. The molecule has 6 nitrogen and oxygen atoms in total. The van der Waals surface area contributed by atoms with Gasteiger partial charge in [-0.3, -0.25) is 4.98 Å². The van der Waals surface area contributed by atoms with Gasteiger partial charge in [-0.25, -0.2) is 9.97 Å². The number of fused-ring (bicyclic) bond motifs is 1. The second kappa shape index (κ2) is 6.60. The number of H-pyrrole nitrogens is 1. The maximum atomic E-state index is 12.4. The van der Waals surface area contributed by atoms with E-state index in [1.54, 1.807) is 36.8 Å². The molecule has 9 heteroatoms. The summed E-state index contributed by atoms with van der Waals surface area (Å²) in [4.78, 5) is 16.0. The summed E-state index contributed by atoms with van der Waals surface area (Å²) >= 11 is 0. The van der Waals surface area contributed by atoms with E-state index in [0.29, 0.717) is 33.9 Å². The summed E-state index contributed by atoms with van der Waals surface area (Å²) in [6, 6.07) is 10.9. The van der Waals surface area contributed by atoms with Gasteiger partial charge >= 0.3 is 6.36 Å². The lowest BCUT2D eigenvalue weighted by atomic mass is 10.2. The lowest BCUT2D eigenvalue weighted by molar-refractivity contribution is -0.274. The van der Waals surface area contributed by atoms with Crippen molar-refractivity contribution in [2.24, 2.45) is 0 Å². The second-order valence-electron chi connectivity index (χ2n) is 5.58. The van der Waals surface area contributed by atoms with Crippen LogP contribution in [0, 0.1) is 0 Å². The molecule has 2 N–H and O–H groups in total. The number of aromatic amines is 1. The Morgan fingerprint density at radius 1 is 1.04 bits per heavy atom. The van der Waals surface area contributed by atoms with Gasteiger partial charge in [0.2, 0.25) is 0 Å². The highest BCUT2D eigenvalue weighted by Gasteiger charge is 2.31. The number of aromatic nitrogens is 4. The van der Waals surface area contributed by atoms with Crippen LogP contribution in [-0.2, 0) is 0 Å². The predicted molar refractivity (Wildman–Crippen MR) is 93.5 cm³/mol. The summed E-state index contributed by atoms with van der Waals surface area (Å²) in [5.74, 6) is 0.562. The molecule has 0 saturated heterocycles. The van der Waals surface area contributed by atoms with Gasteiger partial charge < -0.3 is 15.0 Å². The van der Waals surface area contributed by atoms with Gasteiger partial charge in [0.1, 0.15) is 17.2 Å². The van der Waals surface area contributed by atoms with Crippen molar-refractivity contribution < 1.29 is 17.9 Å². The first-order valence-electron chi connectivity index (χ1n) is 7.86. The molecule has 0 spiro atoms. The van der Waals surface area contributed by atoms with E-state index in [2.05, 4.69) is 30.0 Å². The molecule has 136 valence electrons. The van der Waals surface area contributed by atoms with Gasteiger partial charge in [0.25, 0.3) is 0 Å². The van der Waals surface area contributed by atoms with Gasteiger partial charge in [-0.1, -0.05) is 6.07 Å². The number of anilines is 2. The topological polar surface area (TPSA) is 75.7 Å². The molecule has 0 amide bonds. The van der Waals surface area contributed by atoms with Gasteiger partial charge in [-0.2, -0.15) is 0 Å². The number of benzene rings is 1. The van der Waals surface area contributed by atoms with E-state index < -0.39 is 6.36 Å². The van der Waals surface area contributed by atoms with E-state index in [1.807, 2.05) is 6.07 Å². The average Bonchev–Trinajstić information content (AvgIpc) is 3.10. The zero-order valence-corrected chi connectivity index (χ0v) is 13.7. The van der Waals surface area contributed by atoms with Crippen LogP contribution in [0.5, 0.6) is 5.75 Å². The normalized spacial score (nSPS) is 11.5. The van der Waals surface area contributed by atoms with Crippen molar-refractivity contribution in [3.05, 3.63) is 61.1 Å². The molecular weight excluding hydrogens is 359 g/mol. The lowest BCUT2D eigenvalue weighted by Gasteiger charge is -2.12. The van der Waals surface area contributed by atoms with Crippen molar-refractivity contribution in [2.45, 2.75) is 6.36 Å². The SMILES string of the molecule is FC(F)(F)Oc1cccc(Nc2nc(-c3cccnc3)nc3[nH]ccc23)c1. The third-order valence-corrected chi connectivity index (χ3v) is 3.67. The molecule has 1 aromatic carbocycles. The Bertz CT molecular complexity index is 1080. The summed E-state index contributed by atoms with van der Waals surface area (Å²) in [6.45, 7) is 0. The van der Waals surface area contributed by atoms with E-state index in [0.717, 1.165) is 0 Å². The molecule has 0 aliphatic carbocycles. The third kappa shape index (κ3) is 3.81. The predicted octanol–water partition coefficient (Wildman–Crippen LogP) is 4.66. The molecule has 0 unspecified atom stereocenters. The van der Waals surface area contributed by atoms with Crippen LogP contribution in [-0.4, -0.2) is 26.3 Å². The fourth-order valence-corrected chi connectivity index (χ4v) is 2.57. The van der Waals surface area contributed by atoms with Crippen LogP contribution in [0.3, 0.4) is 0 Å². The van der Waals surface area contributed by atoms with Crippen LogP contribution in [0.15, 0.2) is 61.1 Å². The van der Waals surface area contributed by atoms with Crippen LogP contribution in [0.1, 0.15) is 0 Å². The molecule has 0 aliphatic heterocycles. The highest BCUT2D eigenvalue weighted by molar-refractivity contribution is 5.90. The first kappa shape index (κ1) is 16.8. The molecule has 0 fully saturated rings. The van der Waals surface area contributed by atoms with Crippen molar-refractivity contribution >= 4 is 22.5 Å². The summed E-state index contributed by atoms with van der Waals surface area (Å²) in [7, 11) is 0. The average molecular weight is 371 g/mol. The molecular formula is C18H12F3N5O. The van der Waals surface area contributed by atoms with E-state index in [9.17, 15) is 13.2 Å². The Labute approximate surface area is 151 Å². The second-order valence-corrected chi connectivity index (χ2v) is 5.58. The Balaban J connectivity index is 1.72. The maximum Gasteiger partial charge on any atom is 0.573 e. The zero-order valence-electron chi connectivity index (χ0n) is 13.7. The summed E-state index contributed by atoms with van der Waals surface area (Å²) in [5, 5.41) is 3.73. The molecule has 0 radical (unpaired) electrons. The molecule has 0 atom stereocenters. The summed E-state index contributed by atoms with van der Waals surface area (Å²) in [6.07, 6.45) is 0.226. The minimum atomic E-state index is -4.76. The number of pyridine rings is 1. The van der Waals surface area contributed by atoms with Crippen LogP contribution in [0.2, 0.25) is 0 Å². The molecule has 3 aromatic heterocycles. The molecule has 27 heavy (non-hydrogen) atoms. The van der Waals surface area contributed by atoms with Gasteiger partial charge in [0, 0.05) is 35.9 Å². The summed E-state index contributed by atoms with van der Waals surface area (Å²) < 4.78 is 41.3. The number of alkyl halides is 3. The number of hydrogen-bond donors (Lipinski definition) is 2. The van der Waals surface area contributed by atoms with E-state index in [-0.39, 0.29) is 5.75 Å². The first-order valence-corrected chi connectivity index (χ1v) is 7.86. The van der Waals surface area contributed by atoms with Crippen LogP contribution >= 0.6 is 0 Å². The van der Waals surface area contributed by atoms with Crippen molar-refractivity contribution in [1.29, 1.82) is 0 Å². The number of ether oxygens (including phenoxy) is 1. The maximum absolute atomic E-state index is 12.4. The number of nitrogens with zero attached hydrogens (tertiary/aromatic N) is 3. The Morgan fingerprint density at radius 3 is 2.70 bits per heavy atom. The first-order chi connectivity index (χ1) is 13.0. The van der Waals surface area contributed by atoms with Crippen LogP contribution in [0.4, 0.5) is 24.7 Å². The Hall–Kier alpha value is -3.62. The molecule has 0 bridgehead atoms. The minimum absolute atomic E-state index is 0.320. The highest BCUT2D eigenvalue weighted by atomic mass is 19.4. The number of halogens is 3. The zero-order chi connectivity index (χ0) is 18.9. The quantitative estimate of drug-likeness (QED) is 0.546. The highest BCUT2D eigenvalue weighted by Crippen LogP contribution is 2.29. The van der Waals surface area contributed by atoms with E-state index in [4.69, 9.17) is 0 Å². The van der Waals surface area contributed by atoms with Gasteiger partial charge in [0.15, 0.2) is 5.82 Å². The van der Waals surface area contributed by atoms with Crippen LogP contribution in [0.25, 0.3) is 22.4 Å². The van der Waals surface area contributed by atoms with E-state index >= 15 is 0 Å².